The Morgan fingerprint density at radius 2 is 1.97 bits per heavy atom. The van der Waals surface area contributed by atoms with E-state index in [-0.39, 0.29) is 25.3 Å². The molecule has 35 heavy (non-hydrogen) atoms. The van der Waals surface area contributed by atoms with Crippen LogP contribution in [0.1, 0.15) is 40.9 Å². The van der Waals surface area contributed by atoms with Gasteiger partial charge in [0.05, 0.1) is 28.5 Å². The van der Waals surface area contributed by atoms with E-state index in [0.717, 1.165) is 11.1 Å². The molecule has 0 aliphatic carbocycles. The number of amides is 1. The monoisotopic (exact) mass is 502 g/mol. The fraction of sp³-hybridized carbons (Fsp3) is 0.333. The fourth-order valence-corrected chi connectivity index (χ4v) is 4.50. The number of rotatable bonds is 5. The molecule has 0 radical (unpaired) electrons. The Morgan fingerprint density at radius 1 is 1.20 bits per heavy atom. The van der Waals surface area contributed by atoms with Crippen LogP contribution in [-0.2, 0) is 25.9 Å². The number of carbonyl (C=O) groups is 1. The summed E-state index contributed by atoms with van der Waals surface area (Å²) in [6, 6.07) is 7.43. The van der Waals surface area contributed by atoms with Crippen molar-refractivity contribution in [1.29, 1.82) is 0 Å². The van der Waals surface area contributed by atoms with Crippen LogP contribution in [0.3, 0.4) is 0 Å². The van der Waals surface area contributed by atoms with E-state index in [1.165, 1.54) is 6.20 Å². The molecule has 0 saturated heterocycles. The molecule has 0 saturated carbocycles. The van der Waals surface area contributed by atoms with E-state index in [9.17, 15) is 18.0 Å². The van der Waals surface area contributed by atoms with Crippen LogP contribution >= 0.6 is 11.6 Å². The molecular weight excluding hydrogens is 481 g/mol. The fourth-order valence-electron chi connectivity index (χ4n) is 4.35. The molecule has 0 unspecified atom stereocenters. The van der Waals surface area contributed by atoms with Gasteiger partial charge in [0.2, 0.25) is 5.78 Å². The minimum Gasteiger partial charge on any atom is -0.347 e. The van der Waals surface area contributed by atoms with Gasteiger partial charge >= 0.3 is 6.18 Å². The van der Waals surface area contributed by atoms with E-state index in [1.54, 1.807) is 21.4 Å². The van der Waals surface area contributed by atoms with E-state index in [0.29, 0.717) is 46.7 Å². The van der Waals surface area contributed by atoms with Crippen molar-refractivity contribution in [1.82, 2.24) is 29.2 Å². The zero-order chi connectivity index (χ0) is 24.7. The summed E-state index contributed by atoms with van der Waals surface area (Å²) in [5.74, 6) is -0.767. The van der Waals surface area contributed by atoms with Gasteiger partial charge in [-0.15, -0.1) is 0 Å². The van der Waals surface area contributed by atoms with Gasteiger partial charge in [-0.25, -0.2) is 15.0 Å². The van der Waals surface area contributed by atoms with E-state index in [4.69, 9.17) is 11.6 Å². The van der Waals surface area contributed by atoms with Gasteiger partial charge in [-0.1, -0.05) is 42.8 Å². The van der Waals surface area contributed by atoms with Gasteiger partial charge in [0, 0.05) is 37.5 Å². The van der Waals surface area contributed by atoms with E-state index in [2.05, 4.69) is 20.3 Å². The maximum Gasteiger partial charge on any atom is 0.392 e. The van der Waals surface area contributed by atoms with E-state index < -0.39 is 12.1 Å². The van der Waals surface area contributed by atoms with Crippen molar-refractivity contribution in [2.45, 2.75) is 45.5 Å². The molecule has 0 bridgehead atoms. The van der Waals surface area contributed by atoms with Gasteiger partial charge in [0.1, 0.15) is 11.5 Å². The summed E-state index contributed by atoms with van der Waals surface area (Å²) in [5.41, 5.74) is 3.34. The lowest BCUT2D eigenvalue weighted by Gasteiger charge is -2.25. The molecule has 4 aromatic rings. The molecule has 1 atom stereocenters. The third-order valence-electron chi connectivity index (χ3n) is 6.24. The number of imidazole rings is 2. The minimum atomic E-state index is -4.20. The van der Waals surface area contributed by atoms with Crippen LogP contribution in [0.25, 0.3) is 17.0 Å². The predicted molar refractivity (Wildman–Crippen MR) is 124 cm³/mol. The maximum absolute atomic E-state index is 13.1. The normalized spacial score (nSPS) is 15.9. The number of nitrogens with one attached hydrogen (secondary N) is 1. The summed E-state index contributed by atoms with van der Waals surface area (Å²) in [5, 5.41) is 3.31. The first-order valence-corrected chi connectivity index (χ1v) is 11.6. The molecule has 4 heterocycles. The van der Waals surface area contributed by atoms with Gasteiger partial charge in [-0.05, 0) is 18.4 Å². The minimum absolute atomic E-state index is 0.0689. The average molecular weight is 503 g/mol. The van der Waals surface area contributed by atoms with Crippen LogP contribution in [0, 0.1) is 5.92 Å². The molecule has 0 fully saturated rings. The second kappa shape index (κ2) is 8.99. The van der Waals surface area contributed by atoms with Gasteiger partial charge < -0.3 is 9.88 Å². The lowest BCUT2D eigenvalue weighted by molar-refractivity contribution is -0.179. The molecule has 11 heteroatoms. The van der Waals surface area contributed by atoms with Crippen LogP contribution < -0.4 is 5.32 Å². The number of hydrogen-bond acceptors (Lipinski definition) is 4. The SMILES string of the molecule is CCc1nc2ncc(Cl)cn2c1C(=O)NCc1ccc(-c2cn3c(n2)C[C@H](C(F)(F)F)CC3)cc1. The topological polar surface area (TPSA) is 77.1 Å². The summed E-state index contributed by atoms with van der Waals surface area (Å²) in [7, 11) is 0. The Kier molecular flexibility index (Phi) is 6.00. The Balaban J connectivity index is 1.28. The Bertz CT molecular complexity index is 1390. The third kappa shape index (κ3) is 4.62. The first kappa shape index (κ1) is 23.3. The Labute approximate surface area is 204 Å². The molecule has 0 spiro atoms. The molecule has 182 valence electrons. The highest BCUT2D eigenvalue weighted by molar-refractivity contribution is 6.30. The van der Waals surface area contributed by atoms with Crippen LogP contribution in [0.5, 0.6) is 0 Å². The van der Waals surface area contributed by atoms with Gasteiger partial charge in [0.15, 0.2) is 0 Å². The van der Waals surface area contributed by atoms with Gasteiger partial charge in [-0.3, -0.25) is 9.20 Å². The zero-order valence-electron chi connectivity index (χ0n) is 18.8. The van der Waals surface area contributed by atoms with Crippen molar-refractivity contribution >= 4 is 23.3 Å². The molecule has 1 aliphatic heterocycles. The first-order chi connectivity index (χ1) is 16.7. The van der Waals surface area contributed by atoms with Crippen LogP contribution in [0.4, 0.5) is 13.2 Å². The highest BCUT2D eigenvalue weighted by atomic mass is 35.5. The zero-order valence-corrected chi connectivity index (χ0v) is 19.6. The summed E-state index contributed by atoms with van der Waals surface area (Å²) >= 11 is 6.05. The largest absolute Gasteiger partial charge is 0.392 e. The highest BCUT2D eigenvalue weighted by Crippen LogP contribution is 2.35. The quantitative estimate of drug-likeness (QED) is 0.422. The number of fused-ring (bicyclic) bond motifs is 2. The van der Waals surface area contributed by atoms with Crippen LogP contribution in [0.15, 0.2) is 42.9 Å². The van der Waals surface area contributed by atoms with E-state index in [1.807, 2.05) is 31.2 Å². The summed E-state index contributed by atoms with van der Waals surface area (Å²) in [4.78, 5) is 26.0. The van der Waals surface area contributed by atoms with Crippen molar-refractivity contribution in [3.63, 3.8) is 0 Å². The number of aromatic nitrogens is 5. The van der Waals surface area contributed by atoms with Crippen molar-refractivity contribution in [3.8, 4) is 11.3 Å². The summed E-state index contributed by atoms with van der Waals surface area (Å²) < 4.78 is 42.6. The van der Waals surface area contributed by atoms with Crippen molar-refractivity contribution in [2.75, 3.05) is 0 Å². The number of nitrogens with zero attached hydrogens (tertiary/aromatic N) is 5. The molecule has 1 aromatic carbocycles. The second-order valence-electron chi connectivity index (χ2n) is 8.55. The maximum atomic E-state index is 13.1. The van der Waals surface area contributed by atoms with Crippen molar-refractivity contribution < 1.29 is 18.0 Å². The average Bonchev–Trinajstić information content (AvgIpc) is 3.42. The third-order valence-corrected chi connectivity index (χ3v) is 6.44. The second-order valence-corrected chi connectivity index (χ2v) is 8.99. The molecule has 5 rings (SSSR count). The summed E-state index contributed by atoms with van der Waals surface area (Å²) in [6.07, 6.45) is 1.23. The molecule has 7 nitrogen and oxygen atoms in total. The first-order valence-electron chi connectivity index (χ1n) is 11.3. The Morgan fingerprint density at radius 3 is 2.69 bits per heavy atom. The van der Waals surface area contributed by atoms with Crippen LogP contribution in [-0.4, -0.2) is 36.0 Å². The molecular formula is C24H22ClF3N6O. The lowest BCUT2D eigenvalue weighted by Crippen LogP contribution is -2.31. The number of carbonyl (C=O) groups excluding carboxylic acids is 1. The molecule has 1 N–H and O–H groups in total. The molecule has 1 aliphatic rings. The Hall–Kier alpha value is -3.40. The van der Waals surface area contributed by atoms with Gasteiger partial charge in [-0.2, -0.15) is 13.2 Å². The number of hydrogen-bond donors (Lipinski definition) is 1. The number of aryl methyl sites for hydroxylation is 2. The van der Waals surface area contributed by atoms with Crippen LogP contribution in [0.2, 0.25) is 5.02 Å². The van der Waals surface area contributed by atoms with E-state index >= 15 is 0 Å². The smallest absolute Gasteiger partial charge is 0.347 e. The van der Waals surface area contributed by atoms with Crippen molar-refractivity contribution in [3.05, 3.63) is 70.7 Å². The number of alkyl halides is 3. The number of halogens is 4. The lowest BCUT2D eigenvalue weighted by atomic mass is 9.97. The standard InChI is InChI=1S/C24H22ClF3N6O/c1-2-18-21(34-12-17(25)11-30-23(34)32-18)22(35)29-10-14-3-5-15(6-4-14)19-13-33-8-7-16(24(26,27)28)9-20(33)31-19/h3-6,11-13,16H,2,7-10H2,1H3,(H,29,35)/t16-/m1/s1. The molecule has 3 aromatic heterocycles. The number of benzene rings is 1. The summed E-state index contributed by atoms with van der Waals surface area (Å²) in [6.45, 7) is 2.51. The van der Waals surface area contributed by atoms with Crippen molar-refractivity contribution in [2.24, 2.45) is 5.92 Å². The van der Waals surface area contributed by atoms with Gasteiger partial charge in [0.25, 0.3) is 5.91 Å². The molecule has 1 amide bonds. The predicted octanol–water partition coefficient (Wildman–Crippen LogP) is 4.86. The highest BCUT2D eigenvalue weighted by Gasteiger charge is 2.41.